The molecular weight excluding hydrogens is 206 g/mol. The average molecular weight is 229 g/mol. The second-order valence-corrected chi connectivity index (χ2v) is 4.38. The van der Waals surface area contributed by atoms with Crippen LogP contribution in [-0.4, -0.2) is 49.9 Å². The lowest BCUT2D eigenvalue weighted by atomic mass is 10.1. The van der Waals surface area contributed by atoms with Gasteiger partial charge in [-0.05, 0) is 20.9 Å². The predicted molar refractivity (Wildman–Crippen MR) is 64.0 cm³/mol. The van der Waals surface area contributed by atoms with E-state index in [0.29, 0.717) is 6.54 Å². The van der Waals surface area contributed by atoms with E-state index < -0.39 is 0 Å². The fourth-order valence-electron chi connectivity index (χ4n) is 1.43. The topological polar surface area (TPSA) is 61.4 Å². The lowest BCUT2D eigenvalue weighted by molar-refractivity contribution is -0.137. The number of hydrogen-bond acceptors (Lipinski definition) is 3. The van der Waals surface area contributed by atoms with Crippen molar-refractivity contribution in [1.82, 2.24) is 15.5 Å². The van der Waals surface area contributed by atoms with Gasteiger partial charge in [0, 0.05) is 25.6 Å². The zero-order valence-corrected chi connectivity index (χ0v) is 10.8. The van der Waals surface area contributed by atoms with Crippen molar-refractivity contribution in [3.63, 3.8) is 0 Å². The molecule has 0 aliphatic rings. The van der Waals surface area contributed by atoms with E-state index in [1.54, 1.807) is 14.1 Å². The highest BCUT2D eigenvalue weighted by atomic mass is 16.2. The maximum absolute atomic E-state index is 11.8. The highest BCUT2D eigenvalue weighted by molar-refractivity contribution is 5.85. The van der Waals surface area contributed by atoms with Gasteiger partial charge in [0.2, 0.25) is 11.8 Å². The zero-order valence-electron chi connectivity index (χ0n) is 10.8. The Balaban J connectivity index is 4.09. The normalized spacial score (nSPS) is 12.4. The van der Waals surface area contributed by atoms with Gasteiger partial charge in [-0.1, -0.05) is 6.92 Å². The molecule has 0 saturated heterocycles. The van der Waals surface area contributed by atoms with Gasteiger partial charge in [0.1, 0.15) is 0 Å². The summed E-state index contributed by atoms with van der Waals surface area (Å²) >= 11 is 0. The van der Waals surface area contributed by atoms with Gasteiger partial charge in [-0.3, -0.25) is 9.59 Å². The van der Waals surface area contributed by atoms with Gasteiger partial charge >= 0.3 is 0 Å². The van der Waals surface area contributed by atoms with Crippen LogP contribution in [0.2, 0.25) is 0 Å². The van der Waals surface area contributed by atoms with Crippen LogP contribution in [0.4, 0.5) is 0 Å². The number of carbonyl (C=O) groups excluding carboxylic acids is 2. The Kier molecular flexibility index (Phi) is 6.72. The Morgan fingerprint density at radius 1 is 1.25 bits per heavy atom. The molecule has 5 heteroatoms. The quantitative estimate of drug-likeness (QED) is 0.664. The molecular formula is C11H23N3O2. The van der Waals surface area contributed by atoms with Crippen LogP contribution in [-0.2, 0) is 9.59 Å². The van der Waals surface area contributed by atoms with Crippen LogP contribution >= 0.6 is 0 Å². The smallest absolute Gasteiger partial charge is 0.239 e. The number of amides is 2. The first-order valence-electron chi connectivity index (χ1n) is 5.57. The first kappa shape index (κ1) is 14.9. The van der Waals surface area contributed by atoms with Crippen LogP contribution in [0.15, 0.2) is 0 Å². The molecule has 0 fully saturated rings. The van der Waals surface area contributed by atoms with Crippen LogP contribution in [0.25, 0.3) is 0 Å². The third-order valence-corrected chi connectivity index (χ3v) is 2.14. The summed E-state index contributed by atoms with van der Waals surface area (Å²) in [5, 5.41) is 5.69. The maximum atomic E-state index is 11.8. The summed E-state index contributed by atoms with van der Waals surface area (Å²) in [6.07, 6.45) is 0. The fraction of sp³-hybridized carbons (Fsp3) is 0.818. The second kappa shape index (κ2) is 7.22. The summed E-state index contributed by atoms with van der Waals surface area (Å²) in [6, 6.07) is 0.103. The summed E-state index contributed by atoms with van der Waals surface area (Å²) in [6.45, 7) is 6.36. The molecule has 2 amide bonds. The van der Waals surface area contributed by atoms with E-state index in [9.17, 15) is 9.59 Å². The number of rotatable bonds is 6. The molecule has 0 aromatic heterocycles. The minimum atomic E-state index is -0.123. The highest BCUT2D eigenvalue weighted by Crippen LogP contribution is 1.99. The minimum absolute atomic E-state index is 0.0201. The van der Waals surface area contributed by atoms with Crippen molar-refractivity contribution >= 4 is 11.8 Å². The number of carbonyl (C=O) groups is 2. The maximum Gasteiger partial charge on any atom is 0.239 e. The first-order chi connectivity index (χ1) is 7.38. The Morgan fingerprint density at radius 3 is 2.25 bits per heavy atom. The molecule has 0 aromatic rings. The van der Waals surface area contributed by atoms with E-state index in [2.05, 4.69) is 10.6 Å². The molecule has 0 saturated carbocycles. The van der Waals surface area contributed by atoms with Crippen molar-refractivity contribution in [3.8, 4) is 0 Å². The third-order valence-electron chi connectivity index (χ3n) is 2.14. The van der Waals surface area contributed by atoms with Crippen LogP contribution < -0.4 is 10.6 Å². The van der Waals surface area contributed by atoms with E-state index in [1.165, 1.54) is 4.90 Å². The van der Waals surface area contributed by atoms with Crippen molar-refractivity contribution in [2.75, 3.05) is 27.2 Å². The van der Waals surface area contributed by atoms with Gasteiger partial charge in [0.15, 0.2) is 0 Å². The van der Waals surface area contributed by atoms with E-state index >= 15 is 0 Å². The van der Waals surface area contributed by atoms with E-state index in [4.69, 9.17) is 0 Å². The summed E-state index contributed by atoms with van der Waals surface area (Å²) in [5.41, 5.74) is 0. The molecule has 94 valence electrons. The Hall–Kier alpha value is -1.10. The largest absolute Gasteiger partial charge is 0.352 e. The highest BCUT2D eigenvalue weighted by Gasteiger charge is 2.18. The summed E-state index contributed by atoms with van der Waals surface area (Å²) in [4.78, 5) is 24.6. The molecule has 1 unspecified atom stereocenters. The summed E-state index contributed by atoms with van der Waals surface area (Å²) in [7, 11) is 3.45. The lowest BCUT2D eigenvalue weighted by Gasteiger charge is -2.21. The van der Waals surface area contributed by atoms with Crippen LogP contribution in [0.1, 0.15) is 20.8 Å². The molecule has 0 bridgehead atoms. The van der Waals surface area contributed by atoms with Crippen LogP contribution in [0.5, 0.6) is 0 Å². The molecule has 0 spiro atoms. The monoisotopic (exact) mass is 229 g/mol. The van der Waals surface area contributed by atoms with Crippen molar-refractivity contribution in [2.45, 2.75) is 26.8 Å². The zero-order chi connectivity index (χ0) is 12.7. The molecule has 0 radical (unpaired) electrons. The molecule has 0 aromatic carbocycles. The summed E-state index contributed by atoms with van der Waals surface area (Å²) in [5.74, 6) is -0.252. The third kappa shape index (κ3) is 5.70. The number of likely N-dealkylation sites (N-methyl/N-ethyl adjacent to an activating group) is 1. The number of nitrogens with one attached hydrogen (secondary N) is 2. The van der Waals surface area contributed by atoms with Gasteiger partial charge < -0.3 is 15.5 Å². The molecule has 16 heavy (non-hydrogen) atoms. The van der Waals surface area contributed by atoms with E-state index in [0.717, 1.165) is 0 Å². The number of nitrogens with zero attached hydrogens (tertiary/aromatic N) is 1. The van der Waals surface area contributed by atoms with Gasteiger partial charge in [-0.25, -0.2) is 0 Å². The molecule has 5 nitrogen and oxygen atoms in total. The fourth-order valence-corrected chi connectivity index (χ4v) is 1.43. The average Bonchev–Trinajstić information content (AvgIpc) is 2.15. The SMILES string of the molecule is CNCC(C)C(=O)N(C)CC(=O)NC(C)C. The molecule has 0 heterocycles. The minimum Gasteiger partial charge on any atom is -0.352 e. The molecule has 0 rings (SSSR count). The molecule has 1 atom stereocenters. The van der Waals surface area contributed by atoms with Crippen molar-refractivity contribution in [1.29, 1.82) is 0 Å². The van der Waals surface area contributed by atoms with Crippen molar-refractivity contribution in [2.24, 2.45) is 5.92 Å². The van der Waals surface area contributed by atoms with Crippen molar-refractivity contribution < 1.29 is 9.59 Å². The first-order valence-corrected chi connectivity index (χ1v) is 5.57. The Morgan fingerprint density at radius 2 is 1.81 bits per heavy atom. The Bertz CT molecular complexity index is 241. The van der Waals surface area contributed by atoms with E-state index in [-0.39, 0.29) is 30.3 Å². The van der Waals surface area contributed by atoms with E-state index in [1.807, 2.05) is 20.8 Å². The molecule has 2 N–H and O–H groups in total. The second-order valence-electron chi connectivity index (χ2n) is 4.38. The Labute approximate surface area is 97.6 Å². The lowest BCUT2D eigenvalue weighted by Crippen LogP contribution is -2.43. The number of hydrogen-bond donors (Lipinski definition) is 2. The predicted octanol–water partition coefficient (Wildman–Crippen LogP) is -0.175. The van der Waals surface area contributed by atoms with Gasteiger partial charge in [-0.15, -0.1) is 0 Å². The van der Waals surface area contributed by atoms with Gasteiger partial charge in [0.05, 0.1) is 6.54 Å². The standard InChI is InChI=1S/C11H23N3O2/c1-8(2)13-10(15)7-14(5)11(16)9(3)6-12-4/h8-9,12H,6-7H2,1-5H3,(H,13,15). The van der Waals surface area contributed by atoms with Crippen molar-refractivity contribution in [3.05, 3.63) is 0 Å². The molecule has 0 aliphatic carbocycles. The van der Waals surface area contributed by atoms with Gasteiger partial charge in [-0.2, -0.15) is 0 Å². The van der Waals surface area contributed by atoms with Crippen LogP contribution in [0.3, 0.4) is 0 Å². The molecule has 0 aliphatic heterocycles. The van der Waals surface area contributed by atoms with Gasteiger partial charge in [0.25, 0.3) is 0 Å². The van der Waals surface area contributed by atoms with Crippen LogP contribution in [0, 0.1) is 5.92 Å². The summed E-state index contributed by atoms with van der Waals surface area (Å²) < 4.78 is 0.